The molecule has 3 rings (SSSR count). The van der Waals surface area contributed by atoms with Crippen molar-refractivity contribution in [1.82, 2.24) is 4.98 Å². The first kappa shape index (κ1) is 38.9. The average molecular weight is 665 g/mol. The molecule has 0 radical (unpaired) electrons. The molecular formula is C29H31F7N4O6. The summed E-state index contributed by atoms with van der Waals surface area (Å²) in [5, 5.41) is 21.9. The molecule has 1 aromatic heterocycles. The Balaban J connectivity index is 0.000000629. The van der Waals surface area contributed by atoms with Crippen molar-refractivity contribution in [2.24, 2.45) is 5.73 Å². The average Bonchev–Trinajstić information content (AvgIpc) is 2.93. The molecule has 0 bridgehead atoms. The molecule has 46 heavy (non-hydrogen) atoms. The van der Waals surface area contributed by atoms with Crippen LogP contribution in [0.5, 0.6) is 11.5 Å². The number of carbonyl (C=O) groups is 2. The van der Waals surface area contributed by atoms with Crippen LogP contribution in [-0.4, -0.2) is 58.0 Å². The molecule has 0 aliphatic carbocycles. The Labute approximate surface area is 258 Å². The molecule has 3 aromatic rings. The van der Waals surface area contributed by atoms with Crippen molar-refractivity contribution in [2.75, 3.05) is 11.5 Å². The first-order valence-corrected chi connectivity index (χ1v) is 13.0. The lowest BCUT2D eigenvalue weighted by Crippen LogP contribution is -2.21. The molecule has 0 atom stereocenters. The number of hydrogen-bond acceptors (Lipinski definition) is 7. The van der Waals surface area contributed by atoms with Gasteiger partial charge in [-0.05, 0) is 64.1 Å². The van der Waals surface area contributed by atoms with Gasteiger partial charge in [-0.1, -0.05) is 6.07 Å². The standard InChI is InChI=1S/C25H29FN4O2.2C2HF3O2/c1-5-31-21-13-22(24(26)23(14-21)32-16(2)3)30(15-19-8-6-7-17(4)29-19)20-11-9-18(10-12-20)25(27)28;2*3-2(4,5)1(6)7/h6-14,16H,5,15H2,1-4H3,(H3,27,28);2*(H,6,7). The minimum absolute atomic E-state index is 0.0272. The Bertz CT molecular complexity index is 1460. The van der Waals surface area contributed by atoms with Crippen LogP contribution in [0.25, 0.3) is 0 Å². The summed E-state index contributed by atoms with van der Waals surface area (Å²) >= 11 is 0. The van der Waals surface area contributed by atoms with Gasteiger partial charge < -0.3 is 30.3 Å². The normalized spacial score (nSPS) is 11.0. The summed E-state index contributed by atoms with van der Waals surface area (Å²) < 4.78 is 90.6. The van der Waals surface area contributed by atoms with Crippen LogP contribution in [0.3, 0.4) is 0 Å². The Hall–Kier alpha value is -5.09. The van der Waals surface area contributed by atoms with Crippen LogP contribution >= 0.6 is 0 Å². The number of aliphatic carboxylic acids is 2. The molecule has 0 aliphatic rings. The zero-order valence-electron chi connectivity index (χ0n) is 24.8. The van der Waals surface area contributed by atoms with E-state index in [1.54, 1.807) is 24.3 Å². The van der Waals surface area contributed by atoms with Crippen LogP contribution in [0.4, 0.5) is 42.1 Å². The zero-order valence-corrected chi connectivity index (χ0v) is 24.8. The van der Waals surface area contributed by atoms with Crippen molar-refractivity contribution >= 4 is 29.1 Å². The maximum Gasteiger partial charge on any atom is 0.490 e. The molecule has 5 N–H and O–H groups in total. The molecule has 252 valence electrons. The highest BCUT2D eigenvalue weighted by Gasteiger charge is 2.38. The van der Waals surface area contributed by atoms with Crippen molar-refractivity contribution in [3.05, 3.63) is 77.4 Å². The highest BCUT2D eigenvalue weighted by Crippen LogP contribution is 2.38. The number of benzene rings is 2. The summed E-state index contributed by atoms with van der Waals surface area (Å²) in [6, 6.07) is 16.1. The highest BCUT2D eigenvalue weighted by molar-refractivity contribution is 5.95. The maximum absolute atomic E-state index is 15.7. The van der Waals surface area contributed by atoms with Gasteiger partial charge >= 0.3 is 24.3 Å². The van der Waals surface area contributed by atoms with Gasteiger partial charge in [-0.25, -0.2) is 14.0 Å². The van der Waals surface area contributed by atoms with Crippen LogP contribution < -0.4 is 20.1 Å². The van der Waals surface area contributed by atoms with Crippen molar-refractivity contribution in [1.29, 1.82) is 5.41 Å². The van der Waals surface area contributed by atoms with Gasteiger partial charge in [-0.2, -0.15) is 26.3 Å². The first-order chi connectivity index (χ1) is 21.2. The highest BCUT2D eigenvalue weighted by atomic mass is 19.4. The van der Waals surface area contributed by atoms with Crippen molar-refractivity contribution in [3.63, 3.8) is 0 Å². The first-order valence-electron chi connectivity index (χ1n) is 13.0. The summed E-state index contributed by atoms with van der Waals surface area (Å²) in [4.78, 5) is 24.2. The number of amidine groups is 1. The lowest BCUT2D eigenvalue weighted by Gasteiger charge is -2.27. The summed E-state index contributed by atoms with van der Waals surface area (Å²) in [5.41, 5.74) is 8.89. The third-order valence-corrected chi connectivity index (χ3v) is 5.20. The number of nitrogens with zero attached hydrogens (tertiary/aromatic N) is 2. The number of nitrogen functional groups attached to an aromatic ring is 1. The molecule has 17 heteroatoms. The number of halogens is 7. The number of anilines is 2. The number of carboxylic acid groups (broad SMARTS) is 2. The van der Waals surface area contributed by atoms with Gasteiger partial charge in [-0.3, -0.25) is 10.4 Å². The summed E-state index contributed by atoms with van der Waals surface area (Å²) in [7, 11) is 0. The van der Waals surface area contributed by atoms with Crippen LogP contribution in [-0.2, 0) is 16.1 Å². The second-order valence-electron chi connectivity index (χ2n) is 9.28. The number of aromatic nitrogens is 1. The number of pyridine rings is 1. The third kappa shape index (κ3) is 12.9. The van der Waals surface area contributed by atoms with Crippen molar-refractivity contribution in [3.8, 4) is 11.5 Å². The quantitative estimate of drug-likeness (QED) is 0.112. The largest absolute Gasteiger partial charge is 0.494 e. The van der Waals surface area contributed by atoms with Crippen molar-refractivity contribution < 1.29 is 60.0 Å². The molecular weight excluding hydrogens is 633 g/mol. The van der Waals surface area contributed by atoms with E-state index in [0.29, 0.717) is 30.2 Å². The fourth-order valence-corrected chi connectivity index (χ4v) is 3.33. The van der Waals surface area contributed by atoms with Crippen molar-refractivity contribution in [2.45, 2.75) is 52.7 Å². The summed E-state index contributed by atoms with van der Waals surface area (Å²) in [5.74, 6) is -5.38. The molecule has 0 unspecified atom stereocenters. The van der Waals surface area contributed by atoms with E-state index in [2.05, 4.69) is 4.98 Å². The number of carboxylic acids is 2. The molecule has 10 nitrogen and oxygen atoms in total. The minimum Gasteiger partial charge on any atom is -0.494 e. The van der Waals surface area contributed by atoms with Gasteiger partial charge in [0.2, 0.25) is 0 Å². The second kappa shape index (κ2) is 16.8. The molecule has 0 aliphatic heterocycles. The smallest absolute Gasteiger partial charge is 0.490 e. The van der Waals surface area contributed by atoms with E-state index in [1.807, 2.05) is 62.9 Å². The fraction of sp³-hybridized carbons (Fsp3) is 0.310. The molecule has 1 heterocycles. The number of nitrogens with one attached hydrogen (secondary N) is 1. The monoisotopic (exact) mass is 664 g/mol. The Morgan fingerprint density at radius 2 is 1.50 bits per heavy atom. The van der Waals surface area contributed by atoms with E-state index >= 15 is 4.39 Å². The van der Waals surface area contributed by atoms with E-state index in [1.165, 1.54) is 0 Å². The number of hydrogen-bond donors (Lipinski definition) is 4. The van der Waals surface area contributed by atoms with E-state index in [-0.39, 0.29) is 17.7 Å². The molecule has 0 saturated carbocycles. The fourth-order valence-electron chi connectivity index (χ4n) is 3.33. The van der Waals surface area contributed by atoms with Gasteiger partial charge in [-0.15, -0.1) is 0 Å². The van der Waals surface area contributed by atoms with E-state index in [0.717, 1.165) is 17.1 Å². The predicted octanol–water partition coefficient (Wildman–Crippen LogP) is 6.60. The molecule has 2 aromatic carbocycles. The molecule has 0 saturated heterocycles. The summed E-state index contributed by atoms with van der Waals surface area (Å²) in [6.45, 7) is 8.26. The Morgan fingerprint density at radius 1 is 0.978 bits per heavy atom. The van der Waals surface area contributed by atoms with Crippen LogP contribution in [0.1, 0.15) is 37.7 Å². The SMILES string of the molecule is CCOc1cc(OC(C)C)c(F)c(N(Cc2cccc(C)n2)c2ccc(C(=N)N)cc2)c1.O=C(O)C(F)(F)F.O=C(O)C(F)(F)F. The third-order valence-electron chi connectivity index (χ3n) is 5.20. The minimum atomic E-state index is -5.08. The van der Waals surface area contributed by atoms with E-state index in [9.17, 15) is 26.3 Å². The van der Waals surface area contributed by atoms with Crippen LogP contribution in [0.15, 0.2) is 54.6 Å². The van der Waals surface area contributed by atoms with Gasteiger partial charge in [0, 0.05) is 29.1 Å². The number of rotatable bonds is 9. The maximum atomic E-state index is 15.7. The molecule has 0 spiro atoms. The summed E-state index contributed by atoms with van der Waals surface area (Å²) in [6.07, 6.45) is -10.4. The van der Waals surface area contributed by atoms with Gasteiger partial charge in [0.15, 0.2) is 11.6 Å². The topological polar surface area (TPSA) is 159 Å². The molecule has 0 fully saturated rings. The van der Waals surface area contributed by atoms with Crippen LogP contribution in [0, 0.1) is 18.2 Å². The Morgan fingerprint density at radius 3 is 1.91 bits per heavy atom. The Kier molecular flexibility index (Phi) is 14.2. The van der Waals surface area contributed by atoms with Gasteiger partial charge in [0.05, 0.1) is 30.6 Å². The zero-order chi connectivity index (χ0) is 35.4. The number of nitrogens with two attached hydrogens (primary N) is 1. The lowest BCUT2D eigenvalue weighted by atomic mass is 10.1. The van der Waals surface area contributed by atoms with Gasteiger partial charge in [0.1, 0.15) is 11.6 Å². The predicted molar refractivity (Wildman–Crippen MR) is 153 cm³/mol. The number of ether oxygens (including phenoxy) is 2. The second-order valence-corrected chi connectivity index (χ2v) is 9.28. The van der Waals surface area contributed by atoms with Crippen LogP contribution in [0.2, 0.25) is 0 Å². The van der Waals surface area contributed by atoms with E-state index < -0.39 is 30.1 Å². The van der Waals surface area contributed by atoms with E-state index in [4.69, 9.17) is 40.4 Å². The lowest BCUT2D eigenvalue weighted by molar-refractivity contribution is -0.193. The number of aryl methyl sites for hydroxylation is 1. The number of alkyl halides is 6. The van der Waals surface area contributed by atoms with Gasteiger partial charge in [0.25, 0.3) is 0 Å². The molecule has 0 amide bonds.